The summed E-state index contributed by atoms with van der Waals surface area (Å²) in [5.74, 6) is 4.79. The van der Waals surface area contributed by atoms with Gasteiger partial charge in [0.2, 0.25) is 0 Å². The van der Waals surface area contributed by atoms with Gasteiger partial charge in [-0.15, -0.1) is 22.7 Å². The zero-order valence-electron chi connectivity index (χ0n) is 9.01. The summed E-state index contributed by atoms with van der Waals surface area (Å²) in [4.78, 5) is 14.0. The van der Waals surface area contributed by atoms with Crippen LogP contribution in [0.4, 0.5) is 0 Å². The molecule has 0 radical (unpaired) electrons. The predicted octanol–water partition coefficient (Wildman–Crippen LogP) is 2.13. The minimum atomic E-state index is -0.264. The Balaban J connectivity index is 1.83. The molecule has 90 valence electrons. The topological polar surface area (TPSA) is 64.3 Å². The largest absolute Gasteiger partial charge is 0.370 e. The van der Waals surface area contributed by atoms with Gasteiger partial charge in [0.15, 0.2) is 0 Å². The third kappa shape index (κ3) is 3.37. The number of amides is 1. The van der Waals surface area contributed by atoms with Gasteiger partial charge >= 0.3 is 0 Å². The maximum Gasteiger partial charge on any atom is 0.275 e. The molecule has 0 bridgehead atoms. The smallest absolute Gasteiger partial charge is 0.275 e. The lowest BCUT2D eigenvalue weighted by atomic mass is 10.4. The third-order valence-electron chi connectivity index (χ3n) is 2.09. The molecule has 0 aliphatic rings. The Kier molecular flexibility index (Phi) is 4.27. The number of nitrogens with two attached hydrogens (primary N) is 1. The number of nitrogens with one attached hydrogen (secondary N) is 1. The Bertz CT molecular complexity index is 479. The summed E-state index contributed by atoms with van der Waals surface area (Å²) >= 11 is 3.06. The highest BCUT2D eigenvalue weighted by molar-refractivity contribution is 7.14. The molecule has 0 aliphatic carbocycles. The van der Waals surface area contributed by atoms with E-state index in [-0.39, 0.29) is 5.91 Å². The molecule has 6 heteroatoms. The lowest BCUT2D eigenvalue weighted by molar-refractivity contribution is 0.0957. The number of carbonyl (C=O) groups excluding carboxylic acids is 1. The molecule has 2 aromatic rings. The first kappa shape index (κ1) is 12.3. The van der Waals surface area contributed by atoms with Crippen molar-refractivity contribution < 1.29 is 9.53 Å². The molecule has 0 fully saturated rings. The Hall–Kier alpha value is -1.21. The van der Waals surface area contributed by atoms with Crippen LogP contribution in [0.2, 0.25) is 0 Å². The molecule has 4 nitrogen and oxygen atoms in total. The van der Waals surface area contributed by atoms with E-state index in [9.17, 15) is 4.79 Å². The van der Waals surface area contributed by atoms with E-state index in [0.29, 0.717) is 18.1 Å². The van der Waals surface area contributed by atoms with E-state index in [1.165, 1.54) is 16.2 Å². The van der Waals surface area contributed by atoms with E-state index in [0.717, 1.165) is 4.88 Å². The van der Waals surface area contributed by atoms with Gasteiger partial charge in [-0.2, -0.15) is 0 Å². The van der Waals surface area contributed by atoms with E-state index < -0.39 is 0 Å². The van der Waals surface area contributed by atoms with E-state index in [1.54, 1.807) is 17.4 Å². The van der Waals surface area contributed by atoms with Crippen LogP contribution in [0.15, 0.2) is 29.6 Å². The van der Waals surface area contributed by atoms with Crippen LogP contribution in [0.3, 0.4) is 0 Å². The normalized spacial score (nSPS) is 10.4. The van der Waals surface area contributed by atoms with E-state index >= 15 is 0 Å². The van der Waals surface area contributed by atoms with Gasteiger partial charge in [0, 0.05) is 9.75 Å². The van der Waals surface area contributed by atoms with Crippen LogP contribution < -0.4 is 11.3 Å². The number of carbonyl (C=O) groups is 1. The molecular formula is C11H12N2O2S2. The SMILES string of the molecule is NNC(=O)c1ccc(COCc2cccs2)s1. The fourth-order valence-electron chi connectivity index (χ4n) is 1.30. The number of nitrogen functional groups attached to an aromatic ring is 1. The van der Waals surface area contributed by atoms with E-state index in [1.807, 2.05) is 23.6 Å². The van der Waals surface area contributed by atoms with Gasteiger partial charge in [0.1, 0.15) is 0 Å². The number of hydrogen-bond donors (Lipinski definition) is 2. The fraction of sp³-hybridized carbons (Fsp3) is 0.182. The van der Waals surface area contributed by atoms with Crippen molar-refractivity contribution in [1.29, 1.82) is 0 Å². The highest BCUT2D eigenvalue weighted by Crippen LogP contribution is 2.18. The summed E-state index contributed by atoms with van der Waals surface area (Å²) in [5.41, 5.74) is 2.11. The predicted molar refractivity (Wildman–Crippen MR) is 68.8 cm³/mol. The lowest BCUT2D eigenvalue weighted by Crippen LogP contribution is -2.29. The molecule has 0 saturated carbocycles. The first-order valence-corrected chi connectivity index (χ1v) is 6.69. The minimum Gasteiger partial charge on any atom is -0.370 e. The molecule has 0 aromatic carbocycles. The summed E-state index contributed by atoms with van der Waals surface area (Å²) in [6, 6.07) is 7.66. The molecule has 2 rings (SSSR count). The van der Waals surface area contributed by atoms with Gasteiger partial charge in [-0.3, -0.25) is 10.2 Å². The number of hydrazine groups is 1. The summed E-state index contributed by atoms with van der Waals surface area (Å²) < 4.78 is 5.55. The van der Waals surface area contributed by atoms with Crippen LogP contribution in [0.25, 0.3) is 0 Å². The second-order valence-electron chi connectivity index (χ2n) is 3.31. The van der Waals surface area contributed by atoms with Gasteiger partial charge in [0.25, 0.3) is 5.91 Å². The maximum absolute atomic E-state index is 11.2. The van der Waals surface area contributed by atoms with Gasteiger partial charge < -0.3 is 4.74 Å². The van der Waals surface area contributed by atoms with Crippen molar-refractivity contribution in [2.45, 2.75) is 13.2 Å². The molecule has 0 saturated heterocycles. The third-order valence-corrected chi connectivity index (χ3v) is 3.99. The molecule has 0 aliphatic heterocycles. The Morgan fingerprint density at radius 2 is 2.12 bits per heavy atom. The zero-order valence-corrected chi connectivity index (χ0v) is 10.6. The lowest BCUT2D eigenvalue weighted by Gasteiger charge is -1.99. The van der Waals surface area contributed by atoms with Gasteiger partial charge in [-0.1, -0.05) is 6.07 Å². The molecule has 17 heavy (non-hydrogen) atoms. The fourth-order valence-corrected chi connectivity index (χ4v) is 2.78. The van der Waals surface area contributed by atoms with Crippen molar-refractivity contribution >= 4 is 28.6 Å². The summed E-state index contributed by atoms with van der Waals surface area (Å²) in [7, 11) is 0. The number of rotatable bonds is 5. The summed E-state index contributed by atoms with van der Waals surface area (Å²) in [5, 5.41) is 2.02. The minimum absolute atomic E-state index is 0.264. The van der Waals surface area contributed by atoms with Crippen LogP contribution in [0, 0.1) is 0 Å². The van der Waals surface area contributed by atoms with Crippen molar-refractivity contribution in [3.8, 4) is 0 Å². The number of ether oxygens (including phenoxy) is 1. The van der Waals surface area contributed by atoms with Crippen LogP contribution in [0.1, 0.15) is 19.4 Å². The van der Waals surface area contributed by atoms with Crippen molar-refractivity contribution in [2.24, 2.45) is 5.84 Å². The molecule has 0 unspecified atom stereocenters. The van der Waals surface area contributed by atoms with Crippen LogP contribution in [-0.2, 0) is 18.0 Å². The van der Waals surface area contributed by atoms with E-state index in [2.05, 4.69) is 5.43 Å². The molecule has 0 spiro atoms. The second-order valence-corrected chi connectivity index (χ2v) is 5.51. The molecule has 3 N–H and O–H groups in total. The van der Waals surface area contributed by atoms with Crippen LogP contribution in [-0.4, -0.2) is 5.91 Å². The monoisotopic (exact) mass is 268 g/mol. The quantitative estimate of drug-likeness (QED) is 0.496. The van der Waals surface area contributed by atoms with Crippen LogP contribution in [0.5, 0.6) is 0 Å². The first-order chi connectivity index (χ1) is 8.29. The van der Waals surface area contributed by atoms with Crippen molar-refractivity contribution in [3.05, 3.63) is 44.3 Å². The summed E-state index contributed by atoms with van der Waals surface area (Å²) in [6.07, 6.45) is 0. The molecule has 0 atom stereocenters. The molecular weight excluding hydrogens is 256 g/mol. The molecule has 2 aromatic heterocycles. The standard InChI is InChI=1S/C11H12N2O2S2/c12-13-11(14)10-4-3-9(17-10)7-15-6-8-2-1-5-16-8/h1-5H,6-7,12H2,(H,13,14). The van der Waals surface area contributed by atoms with Crippen molar-refractivity contribution in [1.82, 2.24) is 5.43 Å². The van der Waals surface area contributed by atoms with E-state index in [4.69, 9.17) is 10.6 Å². The van der Waals surface area contributed by atoms with Gasteiger partial charge in [-0.05, 0) is 23.6 Å². The van der Waals surface area contributed by atoms with Gasteiger partial charge in [-0.25, -0.2) is 5.84 Å². The second kappa shape index (κ2) is 5.92. The number of thiophene rings is 2. The maximum atomic E-state index is 11.2. The molecule has 2 heterocycles. The van der Waals surface area contributed by atoms with Gasteiger partial charge in [0.05, 0.1) is 18.1 Å². The summed E-state index contributed by atoms with van der Waals surface area (Å²) in [6.45, 7) is 1.12. The average molecular weight is 268 g/mol. The zero-order chi connectivity index (χ0) is 12.1. The highest BCUT2D eigenvalue weighted by Gasteiger charge is 2.07. The Morgan fingerprint density at radius 1 is 1.29 bits per heavy atom. The van der Waals surface area contributed by atoms with Crippen molar-refractivity contribution in [3.63, 3.8) is 0 Å². The average Bonchev–Trinajstić information content (AvgIpc) is 2.99. The Labute approximate surface area is 107 Å². The number of hydrogen-bond acceptors (Lipinski definition) is 5. The van der Waals surface area contributed by atoms with Crippen LogP contribution >= 0.6 is 22.7 Å². The highest BCUT2D eigenvalue weighted by atomic mass is 32.1. The van der Waals surface area contributed by atoms with Crippen molar-refractivity contribution in [2.75, 3.05) is 0 Å². The molecule has 1 amide bonds. The Morgan fingerprint density at radius 3 is 2.82 bits per heavy atom. The first-order valence-electron chi connectivity index (χ1n) is 4.99.